The van der Waals surface area contributed by atoms with E-state index in [1.807, 2.05) is 43.3 Å². The molecule has 3 aromatic rings. The number of ether oxygens (including phenoxy) is 2. The van der Waals surface area contributed by atoms with Gasteiger partial charge in [-0.3, -0.25) is 0 Å². The zero-order chi connectivity index (χ0) is 16.8. The molecule has 2 nitrogen and oxygen atoms in total. The van der Waals surface area contributed by atoms with Gasteiger partial charge in [0.1, 0.15) is 24.7 Å². The van der Waals surface area contributed by atoms with Gasteiger partial charge >= 0.3 is 0 Å². The largest absolute Gasteiger partial charge is 0.488 e. The molecule has 3 aromatic carbocycles. The Bertz CT molecular complexity index is 715. The van der Waals surface area contributed by atoms with Gasteiger partial charge in [-0.15, -0.1) is 0 Å². The summed E-state index contributed by atoms with van der Waals surface area (Å²) in [5, 5.41) is 0. The summed E-state index contributed by atoms with van der Waals surface area (Å²) in [7, 11) is 0. The normalized spacial score (nSPS) is 10.4. The average molecular weight is 318 g/mol. The van der Waals surface area contributed by atoms with Crippen molar-refractivity contribution in [3.63, 3.8) is 0 Å². The molecule has 3 rings (SSSR count). The van der Waals surface area contributed by atoms with Gasteiger partial charge in [-0.2, -0.15) is 0 Å². The Hall–Kier alpha value is -2.74. The van der Waals surface area contributed by atoms with Crippen LogP contribution in [-0.2, 0) is 13.2 Å². The van der Waals surface area contributed by atoms with E-state index in [2.05, 4.69) is 43.3 Å². The van der Waals surface area contributed by atoms with E-state index < -0.39 is 0 Å². The first kappa shape index (κ1) is 16.1. The number of hydrogen-bond donors (Lipinski definition) is 0. The summed E-state index contributed by atoms with van der Waals surface area (Å²) >= 11 is 0. The predicted octanol–water partition coefficient (Wildman–Crippen LogP) is 5.46. The first-order chi connectivity index (χ1) is 11.7. The summed E-state index contributed by atoms with van der Waals surface area (Å²) in [5.74, 6) is 1.75. The van der Waals surface area contributed by atoms with Crippen LogP contribution in [0.1, 0.15) is 22.3 Å². The van der Waals surface area contributed by atoms with Crippen LogP contribution in [0.3, 0.4) is 0 Å². The number of rotatable bonds is 6. The van der Waals surface area contributed by atoms with Crippen molar-refractivity contribution in [2.75, 3.05) is 0 Å². The summed E-state index contributed by atoms with van der Waals surface area (Å²) in [6.07, 6.45) is 0. The van der Waals surface area contributed by atoms with E-state index >= 15 is 0 Å². The molecule has 0 bridgehead atoms. The SMILES string of the molecule is Cc1cc(OCc2ccccc2)c(C)c(OCc2ccccc2)c1. The highest BCUT2D eigenvalue weighted by atomic mass is 16.5. The molecule has 0 saturated heterocycles. The first-order valence-electron chi connectivity index (χ1n) is 8.17. The van der Waals surface area contributed by atoms with Crippen molar-refractivity contribution >= 4 is 0 Å². The molecule has 0 aliphatic rings. The fraction of sp³-hybridized carbons (Fsp3) is 0.182. The molecule has 0 aliphatic carbocycles. The third-order valence-electron chi connectivity index (χ3n) is 3.93. The Morgan fingerprint density at radius 2 is 1.04 bits per heavy atom. The summed E-state index contributed by atoms with van der Waals surface area (Å²) < 4.78 is 12.0. The minimum absolute atomic E-state index is 0.559. The number of hydrogen-bond acceptors (Lipinski definition) is 2. The lowest BCUT2D eigenvalue weighted by atomic mass is 10.1. The van der Waals surface area contributed by atoms with Crippen molar-refractivity contribution in [2.24, 2.45) is 0 Å². The van der Waals surface area contributed by atoms with Gasteiger partial charge in [0.15, 0.2) is 0 Å². The van der Waals surface area contributed by atoms with Crippen LogP contribution in [0.15, 0.2) is 72.8 Å². The van der Waals surface area contributed by atoms with E-state index in [9.17, 15) is 0 Å². The molecule has 122 valence electrons. The molecule has 0 fully saturated rings. The standard InChI is InChI=1S/C22H22O2/c1-17-13-21(23-15-19-9-5-3-6-10-19)18(2)22(14-17)24-16-20-11-7-4-8-12-20/h3-14H,15-16H2,1-2H3. The minimum atomic E-state index is 0.559. The Morgan fingerprint density at radius 3 is 1.46 bits per heavy atom. The quantitative estimate of drug-likeness (QED) is 0.600. The summed E-state index contributed by atoms with van der Waals surface area (Å²) in [4.78, 5) is 0. The van der Waals surface area contributed by atoms with E-state index in [1.54, 1.807) is 0 Å². The van der Waals surface area contributed by atoms with Crippen LogP contribution >= 0.6 is 0 Å². The zero-order valence-corrected chi connectivity index (χ0v) is 14.2. The maximum atomic E-state index is 6.02. The van der Waals surface area contributed by atoms with Crippen LogP contribution in [0.25, 0.3) is 0 Å². The van der Waals surface area contributed by atoms with Gasteiger partial charge in [0.25, 0.3) is 0 Å². The lowest BCUT2D eigenvalue weighted by Gasteiger charge is -2.15. The molecule has 0 aromatic heterocycles. The van der Waals surface area contributed by atoms with Crippen molar-refractivity contribution in [2.45, 2.75) is 27.1 Å². The summed E-state index contributed by atoms with van der Waals surface area (Å²) in [6, 6.07) is 24.5. The molecular formula is C22H22O2. The molecule has 0 aliphatic heterocycles. The Morgan fingerprint density at radius 1 is 0.625 bits per heavy atom. The van der Waals surface area contributed by atoms with Crippen LogP contribution in [0.2, 0.25) is 0 Å². The smallest absolute Gasteiger partial charge is 0.126 e. The molecule has 0 amide bonds. The van der Waals surface area contributed by atoms with E-state index in [4.69, 9.17) is 9.47 Å². The monoisotopic (exact) mass is 318 g/mol. The summed E-state index contributed by atoms with van der Waals surface area (Å²) in [6.45, 7) is 5.22. The van der Waals surface area contributed by atoms with Crippen LogP contribution in [0, 0.1) is 13.8 Å². The van der Waals surface area contributed by atoms with E-state index in [0.717, 1.165) is 33.8 Å². The van der Waals surface area contributed by atoms with Gasteiger partial charge in [-0.05, 0) is 42.7 Å². The van der Waals surface area contributed by atoms with Crippen LogP contribution < -0.4 is 9.47 Å². The molecule has 24 heavy (non-hydrogen) atoms. The average Bonchev–Trinajstić information content (AvgIpc) is 2.62. The second-order valence-electron chi connectivity index (χ2n) is 5.93. The van der Waals surface area contributed by atoms with Crippen LogP contribution in [-0.4, -0.2) is 0 Å². The van der Waals surface area contributed by atoms with Gasteiger partial charge in [0.2, 0.25) is 0 Å². The molecular weight excluding hydrogens is 296 g/mol. The maximum Gasteiger partial charge on any atom is 0.126 e. The van der Waals surface area contributed by atoms with Gasteiger partial charge in [-0.1, -0.05) is 60.7 Å². The lowest BCUT2D eigenvalue weighted by Crippen LogP contribution is -2.01. The topological polar surface area (TPSA) is 18.5 Å². The fourth-order valence-corrected chi connectivity index (χ4v) is 2.56. The molecule has 0 saturated carbocycles. The maximum absolute atomic E-state index is 6.02. The van der Waals surface area contributed by atoms with E-state index in [-0.39, 0.29) is 0 Å². The van der Waals surface area contributed by atoms with Crippen molar-refractivity contribution in [1.29, 1.82) is 0 Å². The molecule has 0 atom stereocenters. The van der Waals surface area contributed by atoms with Crippen molar-refractivity contribution in [3.8, 4) is 11.5 Å². The molecule has 0 unspecified atom stereocenters. The fourth-order valence-electron chi connectivity index (χ4n) is 2.56. The van der Waals surface area contributed by atoms with Gasteiger partial charge < -0.3 is 9.47 Å². The molecule has 2 heteroatoms. The Balaban J connectivity index is 1.72. The minimum Gasteiger partial charge on any atom is -0.488 e. The second-order valence-corrected chi connectivity index (χ2v) is 5.93. The second kappa shape index (κ2) is 7.69. The highest BCUT2D eigenvalue weighted by Crippen LogP contribution is 2.30. The molecule has 0 heterocycles. The third-order valence-corrected chi connectivity index (χ3v) is 3.93. The highest BCUT2D eigenvalue weighted by Gasteiger charge is 2.09. The van der Waals surface area contributed by atoms with Gasteiger partial charge in [-0.25, -0.2) is 0 Å². The highest BCUT2D eigenvalue weighted by molar-refractivity contribution is 5.47. The number of aryl methyl sites for hydroxylation is 1. The predicted molar refractivity (Wildman–Crippen MR) is 97.5 cm³/mol. The molecule has 0 N–H and O–H groups in total. The van der Waals surface area contributed by atoms with Crippen LogP contribution in [0.5, 0.6) is 11.5 Å². The van der Waals surface area contributed by atoms with Crippen molar-refractivity contribution < 1.29 is 9.47 Å². The lowest BCUT2D eigenvalue weighted by molar-refractivity contribution is 0.285. The third kappa shape index (κ3) is 4.17. The van der Waals surface area contributed by atoms with Gasteiger partial charge in [0, 0.05) is 5.56 Å². The van der Waals surface area contributed by atoms with Gasteiger partial charge in [0.05, 0.1) is 0 Å². The molecule has 0 spiro atoms. The number of benzene rings is 3. The van der Waals surface area contributed by atoms with E-state index in [1.165, 1.54) is 0 Å². The Kier molecular flexibility index (Phi) is 5.17. The first-order valence-corrected chi connectivity index (χ1v) is 8.17. The Labute approximate surface area is 143 Å². The van der Waals surface area contributed by atoms with Crippen molar-refractivity contribution in [3.05, 3.63) is 95.1 Å². The summed E-state index contributed by atoms with van der Waals surface area (Å²) in [5.41, 5.74) is 4.48. The molecule has 0 radical (unpaired) electrons. The zero-order valence-electron chi connectivity index (χ0n) is 14.2. The van der Waals surface area contributed by atoms with E-state index in [0.29, 0.717) is 13.2 Å². The van der Waals surface area contributed by atoms with Crippen molar-refractivity contribution in [1.82, 2.24) is 0 Å². The van der Waals surface area contributed by atoms with Crippen LogP contribution in [0.4, 0.5) is 0 Å².